The molecular weight excluding hydrogens is 260 g/mol. The first-order chi connectivity index (χ1) is 10.1. The van der Waals surface area contributed by atoms with Crippen LogP contribution in [0.1, 0.15) is 43.0 Å². The number of pyridine rings is 1. The molecule has 1 aromatic carbocycles. The molecule has 0 bridgehead atoms. The van der Waals surface area contributed by atoms with Crippen LogP contribution in [0.3, 0.4) is 0 Å². The second-order valence-electron chi connectivity index (χ2n) is 6.41. The van der Waals surface area contributed by atoms with E-state index in [1.807, 2.05) is 30.3 Å². The van der Waals surface area contributed by atoms with Crippen molar-refractivity contribution >= 4 is 16.7 Å². The number of fused-ring (bicyclic) bond motifs is 1. The number of Topliss-reactive ketones (excluding diaryl/α,β-unsaturated/α-hetero) is 1. The minimum absolute atomic E-state index is 0.211. The maximum atomic E-state index is 13.0. The fraction of sp³-hybridized carbons (Fsp3) is 0.444. The van der Waals surface area contributed by atoms with Crippen molar-refractivity contribution in [1.82, 2.24) is 4.98 Å². The van der Waals surface area contributed by atoms with Crippen molar-refractivity contribution < 1.29 is 4.79 Å². The lowest BCUT2D eigenvalue weighted by molar-refractivity contribution is 0.0695. The summed E-state index contributed by atoms with van der Waals surface area (Å²) in [5.41, 5.74) is 7.34. The van der Waals surface area contributed by atoms with E-state index in [9.17, 15) is 4.79 Å². The predicted octanol–water partition coefficient (Wildman–Crippen LogP) is 3.57. The van der Waals surface area contributed by atoms with Crippen molar-refractivity contribution in [2.24, 2.45) is 17.1 Å². The highest BCUT2D eigenvalue weighted by molar-refractivity contribution is 6.03. The molecule has 1 saturated carbocycles. The third-order valence-corrected chi connectivity index (χ3v) is 4.97. The molecule has 1 aliphatic rings. The molecular formula is C18H22N2O. The first-order valence-corrected chi connectivity index (χ1v) is 7.74. The SMILES string of the molecule is CC1CCC(CN)(C(=O)c2ccc3ncccc3c2)CC1. The standard InChI is InChI=1S/C18H22N2O/c1-13-6-8-18(12-19,9-7-13)17(21)15-4-5-16-14(11-15)3-2-10-20-16/h2-5,10-11,13H,6-9,12,19H2,1H3. The highest BCUT2D eigenvalue weighted by Crippen LogP contribution is 2.40. The summed E-state index contributed by atoms with van der Waals surface area (Å²) in [4.78, 5) is 17.3. The summed E-state index contributed by atoms with van der Waals surface area (Å²) >= 11 is 0. The topological polar surface area (TPSA) is 56.0 Å². The molecule has 2 aromatic rings. The molecule has 0 radical (unpaired) electrons. The lowest BCUT2D eigenvalue weighted by Crippen LogP contribution is -2.41. The van der Waals surface area contributed by atoms with Gasteiger partial charge in [-0.2, -0.15) is 0 Å². The fourth-order valence-corrected chi connectivity index (χ4v) is 3.36. The first kappa shape index (κ1) is 14.2. The molecule has 3 heteroatoms. The summed E-state index contributed by atoms with van der Waals surface area (Å²) < 4.78 is 0. The molecule has 0 atom stereocenters. The minimum atomic E-state index is -0.359. The number of hydrogen-bond donors (Lipinski definition) is 1. The molecule has 0 saturated heterocycles. The van der Waals surface area contributed by atoms with E-state index in [2.05, 4.69) is 11.9 Å². The molecule has 3 rings (SSSR count). The largest absolute Gasteiger partial charge is 0.329 e. The molecule has 2 N–H and O–H groups in total. The Morgan fingerprint density at radius 3 is 2.81 bits per heavy atom. The molecule has 0 aliphatic heterocycles. The molecule has 3 nitrogen and oxygen atoms in total. The lowest BCUT2D eigenvalue weighted by atomic mass is 9.67. The molecule has 1 aliphatic carbocycles. The smallest absolute Gasteiger partial charge is 0.170 e. The highest BCUT2D eigenvalue weighted by atomic mass is 16.1. The minimum Gasteiger partial charge on any atom is -0.329 e. The molecule has 1 heterocycles. The zero-order valence-electron chi connectivity index (χ0n) is 12.5. The second-order valence-corrected chi connectivity index (χ2v) is 6.41. The van der Waals surface area contributed by atoms with Crippen molar-refractivity contribution in [3.05, 3.63) is 42.1 Å². The van der Waals surface area contributed by atoms with Gasteiger partial charge in [0.2, 0.25) is 0 Å². The summed E-state index contributed by atoms with van der Waals surface area (Å²) in [5.74, 6) is 0.918. The monoisotopic (exact) mass is 282 g/mol. The number of benzene rings is 1. The van der Waals surface area contributed by atoms with Crippen molar-refractivity contribution in [2.75, 3.05) is 6.54 Å². The molecule has 110 valence electrons. The van der Waals surface area contributed by atoms with Crippen molar-refractivity contribution in [3.63, 3.8) is 0 Å². The van der Waals surface area contributed by atoms with Crippen LogP contribution in [0.25, 0.3) is 10.9 Å². The van der Waals surface area contributed by atoms with Crippen LogP contribution >= 0.6 is 0 Å². The van der Waals surface area contributed by atoms with E-state index in [-0.39, 0.29) is 11.2 Å². The third-order valence-electron chi connectivity index (χ3n) is 4.97. The number of rotatable bonds is 3. The predicted molar refractivity (Wildman–Crippen MR) is 85.2 cm³/mol. The first-order valence-electron chi connectivity index (χ1n) is 7.74. The van der Waals surface area contributed by atoms with Gasteiger partial charge in [-0.1, -0.05) is 13.0 Å². The number of carbonyl (C=O) groups is 1. The quantitative estimate of drug-likeness (QED) is 0.875. The van der Waals surface area contributed by atoms with E-state index >= 15 is 0 Å². The zero-order valence-corrected chi connectivity index (χ0v) is 12.5. The zero-order chi connectivity index (χ0) is 14.9. The van der Waals surface area contributed by atoms with Crippen LogP contribution in [0.15, 0.2) is 36.5 Å². The highest BCUT2D eigenvalue weighted by Gasteiger charge is 2.40. The molecule has 1 aromatic heterocycles. The Hall–Kier alpha value is -1.74. The van der Waals surface area contributed by atoms with Gasteiger partial charge in [0.05, 0.1) is 5.52 Å². The normalized spacial score (nSPS) is 25.9. The van der Waals surface area contributed by atoms with Gasteiger partial charge < -0.3 is 5.73 Å². The van der Waals surface area contributed by atoms with Crippen molar-refractivity contribution in [2.45, 2.75) is 32.6 Å². The summed E-state index contributed by atoms with van der Waals surface area (Å²) in [6.07, 6.45) is 5.78. The molecule has 0 amide bonds. The Morgan fingerprint density at radius 2 is 2.10 bits per heavy atom. The van der Waals surface area contributed by atoms with Crippen molar-refractivity contribution in [1.29, 1.82) is 0 Å². The molecule has 0 spiro atoms. The maximum Gasteiger partial charge on any atom is 0.170 e. The van der Waals surface area contributed by atoms with E-state index in [0.717, 1.165) is 42.1 Å². The maximum absolute atomic E-state index is 13.0. The van der Waals surface area contributed by atoms with E-state index in [0.29, 0.717) is 12.5 Å². The average molecular weight is 282 g/mol. The summed E-state index contributed by atoms with van der Waals surface area (Å²) in [6.45, 7) is 2.70. The van der Waals surface area contributed by atoms with E-state index in [1.54, 1.807) is 6.20 Å². The van der Waals surface area contributed by atoms with E-state index in [1.165, 1.54) is 0 Å². The van der Waals surface area contributed by atoms with Crippen LogP contribution in [-0.4, -0.2) is 17.3 Å². The molecule has 21 heavy (non-hydrogen) atoms. The Labute approximate surface area is 125 Å². The van der Waals surface area contributed by atoms with Gasteiger partial charge in [0.1, 0.15) is 0 Å². The average Bonchev–Trinajstić information content (AvgIpc) is 2.55. The van der Waals surface area contributed by atoms with Crippen molar-refractivity contribution in [3.8, 4) is 0 Å². The second kappa shape index (κ2) is 5.57. The Balaban J connectivity index is 1.95. The number of hydrogen-bond acceptors (Lipinski definition) is 3. The number of carbonyl (C=O) groups excluding carboxylic acids is 1. The van der Waals surface area contributed by atoms with E-state index in [4.69, 9.17) is 5.73 Å². The number of nitrogens with zero attached hydrogens (tertiary/aromatic N) is 1. The summed E-state index contributed by atoms with van der Waals surface area (Å²) in [7, 11) is 0. The number of ketones is 1. The van der Waals surface area contributed by atoms with Gasteiger partial charge in [-0.15, -0.1) is 0 Å². The Bertz CT molecular complexity index is 657. The van der Waals surface area contributed by atoms with Gasteiger partial charge in [-0.3, -0.25) is 9.78 Å². The third kappa shape index (κ3) is 2.58. The lowest BCUT2D eigenvalue weighted by Gasteiger charge is -2.37. The van der Waals surface area contributed by atoms with Gasteiger partial charge in [0, 0.05) is 29.1 Å². The number of aromatic nitrogens is 1. The van der Waals surface area contributed by atoms with Gasteiger partial charge in [-0.05, 0) is 55.9 Å². The summed E-state index contributed by atoms with van der Waals surface area (Å²) in [5, 5.41) is 1.01. The summed E-state index contributed by atoms with van der Waals surface area (Å²) in [6, 6.07) is 9.68. The van der Waals surface area contributed by atoms with Crippen LogP contribution in [0.5, 0.6) is 0 Å². The van der Waals surface area contributed by atoms with Gasteiger partial charge in [0.15, 0.2) is 5.78 Å². The van der Waals surface area contributed by atoms with Gasteiger partial charge in [-0.25, -0.2) is 0 Å². The Morgan fingerprint density at radius 1 is 1.33 bits per heavy atom. The van der Waals surface area contributed by atoms with Gasteiger partial charge >= 0.3 is 0 Å². The van der Waals surface area contributed by atoms with Crippen LogP contribution in [0, 0.1) is 11.3 Å². The van der Waals surface area contributed by atoms with Crippen LogP contribution in [0.2, 0.25) is 0 Å². The van der Waals surface area contributed by atoms with Gasteiger partial charge in [0.25, 0.3) is 0 Å². The van der Waals surface area contributed by atoms with Crippen LogP contribution in [-0.2, 0) is 0 Å². The Kier molecular flexibility index (Phi) is 3.77. The molecule has 0 unspecified atom stereocenters. The van der Waals surface area contributed by atoms with E-state index < -0.39 is 0 Å². The fourth-order valence-electron chi connectivity index (χ4n) is 3.36. The number of nitrogens with two attached hydrogens (primary N) is 1. The molecule has 1 fully saturated rings. The van der Waals surface area contributed by atoms with Crippen LogP contribution < -0.4 is 5.73 Å². The van der Waals surface area contributed by atoms with Crippen LogP contribution in [0.4, 0.5) is 0 Å².